The summed E-state index contributed by atoms with van der Waals surface area (Å²) in [6.45, 7) is 2.93. The molecule has 1 aliphatic carbocycles. The Morgan fingerprint density at radius 1 is 1.31 bits per heavy atom. The first-order valence-corrected chi connectivity index (χ1v) is 10.4. The topological polar surface area (TPSA) is 69.7 Å². The zero-order valence-corrected chi connectivity index (χ0v) is 15.9. The summed E-state index contributed by atoms with van der Waals surface area (Å²) < 4.78 is 0. The molecule has 1 saturated carbocycles. The van der Waals surface area contributed by atoms with E-state index in [1.807, 2.05) is 11.8 Å². The lowest BCUT2D eigenvalue weighted by atomic mass is 9.82. The van der Waals surface area contributed by atoms with Crippen molar-refractivity contribution >= 4 is 29.2 Å². The predicted octanol–water partition coefficient (Wildman–Crippen LogP) is 2.84. The second kappa shape index (κ2) is 6.68. The Labute approximate surface area is 157 Å². The Balaban J connectivity index is 1.39. The summed E-state index contributed by atoms with van der Waals surface area (Å²) >= 11 is 1.75. The number of imide groups is 1. The number of rotatable bonds is 3. The van der Waals surface area contributed by atoms with E-state index in [4.69, 9.17) is 0 Å². The van der Waals surface area contributed by atoms with Crippen molar-refractivity contribution < 1.29 is 14.4 Å². The van der Waals surface area contributed by atoms with Gasteiger partial charge in [-0.2, -0.15) is 0 Å². The van der Waals surface area contributed by atoms with Crippen LogP contribution in [-0.4, -0.2) is 46.3 Å². The molecule has 7 heteroatoms. The number of amides is 4. The minimum absolute atomic E-state index is 0.0135. The van der Waals surface area contributed by atoms with E-state index >= 15 is 0 Å². The maximum atomic E-state index is 12.8. The minimum Gasteiger partial charge on any atom is -0.335 e. The molecule has 140 valence electrons. The van der Waals surface area contributed by atoms with Crippen LogP contribution in [0.5, 0.6) is 0 Å². The Morgan fingerprint density at radius 3 is 2.85 bits per heavy atom. The van der Waals surface area contributed by atoms with Gasteiger partial charge in [0.1, 0.15) is 5.54 Å². The van der Waals surface area contributed by atoms with Gasteiger partial charge in [-0.15, -0.1) is 11.3 Å². The van der Waals surface area contributed by atoms with Gasteiger partial charge >= 0.3 is 6.03 Å². The number of thiophene rings is 1. The maximum Gasteiger partial charge on any atom is 0.325 e. The van der Waals surface area contributed by atoms with Crippen LogP contribution in [0.2, 0.25) is 0 Å². The fourth-order valence-corrected chi connectivity index (χ4v) is 5.54. The Morgan fingerprint density at radius 2 is 2.08 bits per heavy atom. The van der Waals surface area contributed by atoms with Crippen LogP contribution >= 0.6 is 11.3 Å². The highest BCUT2D eigenvalue weighted by atomic mass is 32.1. The van der Waals surface area contributed by atoms with Gasteiger partial charge in [-0.1, -0.05) is 19.3 Å². The van der Waals surface area contributed by atoms with E-state index < -0.39 is 5.54 Å². The third-order valence-electron chi connectivity index (χ3n) is 6.10. The molecule has 3 heterocycles. The molecule has 0 unspecified atom stereocenters. The third-order valence-corrected chi connectivity index (χ3v) is 7.10. The number of carbonyl (C=O) groups excluding carboxylic acids is 3. The van der Waals surface area contributed by atoms with Gasteiger partial charge in [-0.3, -0.25) is 14.5 Å². The number of hydrogen-bond donors (Lipinski definition) is 1. The van der Waals surface area contributed by atoms with Crippen molar-refractivity contribution in [3.63, 3.8) is 0 Å². The quantitative estimate of drug-likeness (QED) is 0.826. The van der Waals surface area contributed by atoms with E-state index in [1.165, 1.54) is 15.3 Å². The van der Waals surface area contributed by atoms with Gasteiger partial charge in [0, 0.05) is 24.4 Å². The molecule has 4 amide bonds. The van der Waals surface area contributed by atoms with E-state index in [-0.39, 0.29) is 36.9 Å². The first-order valence-electron chi connectivity index (χ1n) is 9.52. The van der Waals surface area contributed by atoms with Crippen LogP contribution in [0.15, 0.2) is 11.4 Å². The zero-order chi connectivity index (χ0) is 18.3. The van der Waals surface area contributed by atoms with Gasteiger partial charge in [-0.05, 0) is 43.2 Å². The molecule has 1 spiro atoms. The molecular formula is C19H25N3O3S. The van der Waals surface area contributed by atoms with E-state index in [1.54, 1.807) is 11.3 Å². The van der Waals surface area contributed by atoms with Crippen molar-refractivity contribution in [1.29, 1.82) is 0 Å². The van der Waals surface area contributed by atoms with Gasteiger partial charge in [0.15, 0.2) is 0 Å². The average Bonchev–Trinajstić information content (AvgIpc) is 3.19. The number of fused-ring (bicyclic) bond motifs is 1. The SMILES string of the molecule is C[C@H]1c2ccsc2CCN1C(=O)CCN1C(=O)NC2(CCCCC2)C1=O. The second-order valence-corrected chi connectivity index (χ2v) is 8.59. The molecule has 0 aromatic carbocycles. The molecule has 1 saturated heterocycles. The standard InChI is InChI=1S/C19H25N3O3S/c1-13-14-7-12-26-15(14)5-10-21(13)16(23)6-11-22-17(24)19(20-18(22)25)8-3-2-4-9-19/h7,12-13H,2-6,8-11H2,1H3,(H,20,25)/t13-/m0/s1. The van der Waals surface area contributed by atoms with Crippen LogP contribution in [-0.2, 0) is 16.0 Å². The molecule has 26 heavy (non-hydrogen) atoms. The van der Waals surface area contributed by atoms with Crippen LogP contribution in [0.25, 0.3) is 0 Å². The monoisotopic (exact) mass is 375 g/mol. The molecule has 0 radical (unpaired) electrons. The molecule has 2 fully saturated rings. The average molecular weight is 375 g/mol. The molecule has 0 bridgehead atoms. The summed E-state index contributed by atoms with van der Waals surface area (Å²) in [6, 6.07) is 1.82. The van der Waals surface area contributed by atoms with E-state index in [0.717, 1.165) is 25.7 Å². The fraction of sp³-hybridized carbons (Fsp3) is 0.632. The Kier molecular flexibility index (Phi) is 4.50. The molecule has 1 N–H and O–H groups in total. The Bertz CT molecular complexity index is 738. The summed E-state index contributed by atoms with van der Waals surface area (Å²) in [5.41, 5.74) is 0.522. The molecule has 4 rings (SSSR count). The number of nitrogens with zero attached hydrogens (tertiary/aromatic N) is 2. The van der Waals surface area contributed by atoms with Gasteiger partial charge < -0.3 is 10.2 Å². The van der Waals surface area contributed by atoms with E-state index in [9.17, 15) is 14.4 Å². The van der Waals surface area contributed by atoms with Gasteiger partial charge in [0.25, 0.3) is 5.91 Å². The molecule has 1 aromatic rings. The van der Waals surface area contributed by atoms with Crippen LogP contribution in [0.4, 0.5) is 4.79 Å². The van der Waals surface area contributed by atoms with Crippen LogP contribution in [0.1, 0.15) is 61.9 Å². The fourth-order valence-electron chi connectivity index (χ4n) is 4.57. The number of nitrogens with one attached hydrogen (secondary N) is 1. The highest BCUT2D eigenvalue weighted by Crippen LogP contribution is 2.35. The van der Waals surface area contributed by atoms with Crippen molar-refractivity contribution in [1.82, 2.24) is 15.1 Å². The summed E-state index contributed by atoms with van der Waals surface area (Å²) in [5, 5.41) is 4.98. The zero-order valence-electron chi connectivity index (χ0n) is 15.1. The van der Waals surface area contributed by atoms with Crippen LogP contribution in [0, 0.1) is 0 Å². The van der Waals surface area contributed by atoms with Crippen molar-refractivity contribution in [3.8, 4) is 0 Å². The summed E-state index contributed by atoms with van der Waals surface area (Å²) in [4.78, 5) is 42.3. The van der Waals surface area contributed by atoms with Crippen molar-refractivity contribution in [2.45, 2.75) is 63.5 Å². The van der Waals surface area contributed by atoms with E-state index in [2.05, 4.69) is 16.8 Å². The van der Waals surface area contributed by atoms with Gasteiger partial charge in [0.05, 0.1) is 6.04 Å². The highest BCUT2D eigenvalue weighted by molar-refractivity contribution is 7.10. The summed E-state index contributed by atoms with van der Waals surface area (Å²) in [7, 11) is 0. The molecule has 6 nitrogen and oxygen atoms in total. The summed E-state index contributed by atoms with van der Waals surface area (Å²) in [5.74, 6) is -0.124. The number of carbonyl (C=O) groups is 3. The van der Waals surface area contributed by atoms with Gasteiger partial charge in [0.2, 0.25) is 5.91 Å². The second-order valence-electron chi connectivity index (χ2n) is 7.59. The van der Waals surface area contributed by atoms with Crippen molar-refractivity contribution in [3.05, 3.63) is 21.9 Å². The molecule has 2 aliphatic heterocycles. The lowest BCUT2D eigenvalue weighted by Crippen LogP contribution is -2.48. The lowest BCUT2D eigenvalue weighted by molar-refractivity contribution is -0.135. The molecule has 3 aliphatic rings. The third kappa shape index (κ3) is 2.82. The first kappa shape index (κ1) is 17.5. The van der Waals surface area contributed by atoms with Crippen LogP contribution < -0.4 is 5.32 Å². The number of hydrogen-bond acceptors (Lipinski definition) is 4. The van der Waals surface area contributed by atoms with Gasteiger partial charge in [-0.25, -0.2) is 4.79 Å². The molecule has 1 atom stereocenters. The minimum atomic E-state index is -0.706. The molecule has 1 aromatic heterocycles. The number of urea groups is 1. The van der Waals surface area contributed by atoms with Crippen molar-refractivity contribution in [2.24, 2.45) is 0 Å². The summed E-state index contributed by atoms with van der Waals surface area (Å²) in [6.07, 6.45) is 5.55. The maximum absolute atomic E-state index is 12.8. The largest absolute Gasteiger partial charge is 0.335 e. The smallest absolute Gasteiger partial charge is 0.325 e. The highest BCUT2D eigenvalue weighted by Gasteiger charge is 2.51. The van der Waals surface area contributed by atoms with Crippen LogP contribution in [0.3, 0.4) is 0 Å². The predicted molar refractivity (Wildman–Crippen MR) is 98.8 cm³/mol. The Hall–Kier alpha value is -1.89. The normalized spacial score (nSPS) is 24.7. The van der Waals surface area contributed by atoms with Crippen molar-refractivity contribution in [2.75, 3.05) is 13.1 Å². The molecular weight excluding hydrogens is 350 g/mol. The van der Waals surface area contributed by atoms with E-state index in [0.29, 0.717) is 19.4 Å². The first-order chi connectivity index (χ1) is 12.5. The lowest BCUT2D eigenvalue weighted by Gasteiger charge is -2.34.